The van der Waals surface area contributed by atoms with Crippen LogP contribution in [0.5, 0.6) is 0 Å². The van der Waals surface area contributed by atoms with E-state index in [0.717, 1.165) is 23.3 Å². The van der Waals surface area contributed by atoms with E-state index in [4.69, 9.17) is 0 Å². The van der Waals surface area contributed by atoms with E-state index in [1.807, 2.05) is 37.5 Å². The van der Waals surface area contributed by atoms with Crippen LogP contribution in [0.3, 0.4) is 0 Å². The number of carbonyl (C=O) groups excluding carboxylic acids is 1. The first-order valence-corrected chi connectivity index (χ1v) is 7.41. The highest BCUT2D eigenvalue weighted by atomic mass is 32.2. The number of hydrogen-bond donors (Lipinski definition) is 0. The summed E-state index contributed by atoms with van der Waals surface area (Å²) < 4.78 is 1.74. The molecule has 0 aliphatic carbocycles. The fourth-order valence-corrected chi connectivity index (χ4v) is 2.66. The average Bonchev–Trinajstić information content (AvgIpc) is 2.83. The van der Waals surface area contributed by atoms with Crippen LogP contribution in [-0.4, -0.2) is 21.3 Å². The van der Waals surface area contributed by atoms with Gasteiger partial charge in [-0.2, -0.15) is 5.10 Å². The zero-order chi connectivity index (χ0) is 13.7. The number of rotatable bonds is 6. The Kier molecular flexibility index (Phi) is 4.80. The van der Waals surface area contributed by atoms with Crippen molar-refractivity contribution in [2.45, 2.75) is 24.7 Å². The molecule has 1 aromatic carbocycles. The molecule has 1 heterocycles. The molecular weight excluding hydrogens is 256 g/mol. The maximum atomic E-state index is 12.0. The Balaban J connectivity index is 1.92. The lowest BCUT2D eigenvalue weighted by molar-refractivity contribution is 0.102. The molecule has 4 heteroatoms. The first kappa shape index (κ1) is 13.9. The molecule has 2 rings (SSSR count). The van der Waals surface area contributed by atoms with Crippen LogP contribution in [-0.2, 0) is 13.5 Å². The van der Waals surface area contributed by atoms with Crippen molar-refractivity contribution < 1.29 is 4.79 Å². The molecule has 0 fully saturated rings. The summed E-state index contributed by atoms with van der Waals surface area (Å²) >= 11 is 1.53. The number of carbonyl (C=O) groups is 1. The van der Waals surface area contributed by atoms with Crippen LogP contribution < -0.4 is 0 Å². The monoisotopic (exact) mass is 274 g/mol. The molecule has 1 aromatic heterocycles. The fourth-order valence-electron chi connectivity index (χ4n) is 1.85. The lowest BCUT2D eigenvalue weighted by Gasteiger charge is -2.02. The Morgan fingerprint density at radius 1 is 1.32 bits per heavy atom. The van der Waals surface area contributed by atoms with Crippen LogP contribution in [0.4, 0.5) is 0 Å². The number of thioether (sulfide) groups is 1. The van der Waals surface area contributed by atoms with Gasteiger partial charge in [0.25, 0.3) is 0 Å². The quantitative estimate of drug-likeness (QED) is 0.598. The summed E-state index contributed by atoms with van der Waals surface area (Å²) in [7, 11) is 1.87. The van der Waals surface area contributed by atoms with E-state index in [-0.39, 0.29) is 5.78 Å². The minimum Gasteiger partial charge on any atom is -0.293 e. The summed E-state index contributed by atoms with van der Waals surface area (Å²) in [5.41, 5.74) is 2.08. The molecule has 0 saturated heterocycles. The van der Waals surface area contributed by atoms with E-state index in [0.29, 0.717) is 5.75 Å². The second kappa shape index (κ2) is 6.57. The third-order valence-corrected chi connectivity index (χ3v) is 3.82. The van der Waals surface area contributed by atoms with Crippen molar-refractivity contribution in [1.82, 2.24) is 9.78 Å². The van der Waals surface area contributed by atoms with E-state index in [2.05, 4.69) is 12.0 Å². The van der Waals surface area contributed by atoms with Crippen LogP contribution >= 0.6 is 11.8 Å². The Morgan fingerprint density at radius 3 is 2.63 bits per heavy atom. The first-order chi connectivity index (χ1) is 9.19. The molecule has 19 heavy (non-hydrogen) atoms. The molecule has 0 unspecified atom stereocenters. The van der Waals surface area contributed by atoms with Crippen LogP contribution in [0.1, 0.15) is 29.3 Å². The summed E-state index contributed by atoms with van der Waals surface area (Å²) in [6.45, 7) is 2.16. The Labute approximate surface area is 118 Å². The van der Waals surface area contributed by atoms with Crippen LogP contribution in [0.25, 0.3) is 0 Å². The zero-order valence-corrected chi connectivity index (χ0v) is 12.1. The van der Waals surface area contributed by atoms with E-state index >= 15 is 0 Å². The van der Waals surface area contributed by atoms with Gasteiger partial charge in [0.1, 0.15) is 0 Å². The SMILES string of the molecule is CCCc1ccc(C(=O)CSc2cnn(C)c2)cc1. The fraction of sp³-hybridized carbons (Fsp3) is 0.333. The molecular formula is C15H18N2OS. The average molecular weight is 274 g/mol. The summed E-state index contributed by atoms with van der Waals surface area (Å²) in [4.78, 5) is 13.1. The largest absolute Gasteiger partial charge is 0.293 e. The molecule has 0 saturated carbocycles. The zero-order valence-electron chi connectivity index (χ0n) is 11.3. The lowest BCUT2D eigenvalue weighted by atomic mass is 10.1. The van der Waals surface area contributed by atoms with Crippen molar-refractivity contribution >= 4 is 17.5 Å². The topological polar surface area (TPSA) is 34.9 Å². The number of hydrogen-bond acceptors (Lipinski definition) is 3. The molecule has 0 N–H and O–H groups in total. The number of aryl methyl sites for hydroxylation is 2. The van der Waals surface area contributed by atoms with Gasteiger partial charge in [-0.05, 0) is 12.0 Å². The maximum absolute atomic E-state index is 12.0. The highest BCUT2D eigenvalue weighted by molar-refractivity contribution is 8.00. The molecule has 3 nitrogen and oxygen atoms in total. The van der Waals surface area contributed by atoms with Gasteiger partial charge in [-0.3, -0.25) is 9.48 Å². The second-order valence-corrected chi connectivity index (χ2v) is 5.56. The van der Waals surface area contributed by atoms with Crippen molar-refractivity contribution in [1.29, 1.82) is 0 Å². The lowest BCUT2D eigenvalue weighted by Crippen LogP contribution is -2.02. The number of Topliss-reactive ketones (excluding diaryl/α,β-unsaturated/α-hetero) is 1. The predicted octanol–water partition coefficient (Wildman–Crippen LogP) is 3.35. The first-order valence-electron chi connectivity index (χ1n) is 6.42. The van der Waals surface area contributed by atoms with Gasteiger partial charge < -0.3 is 0 Å². The van der Waals surface area contributed by atoms with Crippen molar-refractivity contribution in [2.24, 2.45) is 7.05 Å². The van der Waals surface area contributed by atoms with Gasteiger partial charge >= 0.3 is 0 Å². The molecule has 0 spiro atoms. The normalized spacial score (nSPS) is 10.6. The molecule has 0 bridgehead atoms. The van der Waals surface area contributed by atoms with E-state index in [1.165, 1.54) is 17.3 Å². The Bertz CT molecular complexity index is 546. The maximum Gasteiger partial charge on any atom is 0.173 e. The number of ketones is 1. The van der Waals surface area contributed by atoms with Gasteiger partial charge in [-0.1, -0.05) is 37.6 Å². The highest BCUT2D eigenvalue weighted by Gasteiger charge is 2.07. The van der Waals surface area contributed by atoms with Crippen molar-refractivity contribution in [3.8, 4) is 0 Å². The smallest absolute Gasteiger partial charge is 0.173 e. The summed E-state index contributed by atoms with van der Waals surface area (Å²) in [6, 6.07) is 7.95. The minimum atomic E-state index is 0.164. The van der Waals surface area contributed by atoms with Gasteiger partial charge in [0.2, 0.25) is 0 Å². The van der Waals surface area contributed by atoms with Crippen molar-refractivity contribution in [2.75, 3.05) is 5.75 Å². The summed E-state index contributed by atoms with van der Waals surface area (Å²) in [6.07, 6.45) is 5.90. The summed E-state index contributed by atoms with van der Waals surface area (Å²) in [5, 5.41) is 4.08. The molecule has 0 radical (unpaired) electrons. The standard InChI is InChI=1S/C15H18N2OS/c1-3-4-12-5-7-13(8-6-12)15(18)11-19-14-9-16-17(2)10-14/h5-10H,3-4,11H2,1-2H3. The van der Waals surface area contributed by atoms with Gasteiger partial charge in [-0.25, -0.2) is 0 Å². The van der Waals surface area contributed by atoms with Gasteiger partial charge in [-0.15, -0.1) is 11.8 Å². The highest BCUT2D eigenvalue weighted by Crippen LogP contribution is 2.18. The minimum absolute atomic E-state index is 0.164. The third kappa shape index (κ3) is 3.96. The number of benzene rings is 1. The molecule has 0 aliphatic rings. The number of aromatic nitrogens is 2. The van der Waals surface area contributed by atoms with Crippen molar-refractivity contribution in [3.63, 3.8) is 0 Å². The van der Waals surface area contributed by atoms with Crippen LogP contribution in [0.15, 0.2) is 41.6 Å². The third-order valence-electron chi connectivity index (χ3n) is 2.87. The second-order valence-electron chi connectivity index (χ2n) is 4.51. The van der Waals surface area contributed by atoms with Gasteiger partial charge in [0.05, 0.1) is 11.9 Å². The van der Waals surface area contributed by atoms with Gasteiger partial charge in [0.15, 0.2) is 5.78 Å². The van der Waals surface area contributed by atoms with Crippen molar-refractivity contribution in [3.05, 3.63) is 47.8 Å². The van der Waals surface area contributed by atoms with E-state index in [1.54, 1.807) is 10.9 Å². The molecule has 0 amide bonds. The Morgan fingerprint density at radius 2 is 2.05 bits per heavy atom. The number of nitrogens with zero attached hydrogens (tertiary/aromatic N) is 2. The predicted molar refractivity (Wildman–Crippen MR) is 78.7 cm³/mol. The Hall–Kier alpha value is -1.55. The van der Waals surface area contributed by atoms with Crippen LogP contribution in [0.2, 0.25) is 0 Å². The summed E-state index contributed by atoms with van der Waals surface area (Å²) in [5.74, 6) is 0.621. The molecule has 0 aliphatic heterocycles. The van der Waals surface area contributed by atoms with E-state index < -0.39 is 0 Å². The molecule has 0 atom stereocenters. The van der Waals surface area contributed by atoms with Crippen LogP contribution in [0, 0.1) is 0 Å². The molecule has 2 aromatic rings. The van der Waals surface area contributed by atoms with E-state index in [9.17, 15) is 4.79 Å². The molecule has 100 valence electrons. The van der Waals surface area contributed by atoms with Gasteiger partial charge in [0, 0.05) is 23.7 Å².